The molecule has 1 aromatic carbocycles. The van der Waals surface area contributed by atoms with E-state index in [2.05, 4.69) is 0 Å². The summed E-state index contributed by atoms with van der Waals surface area (Å²) in [6.45, 7) is 0.608. The van der Waals surface area contributed by atoms with Crippen molar-refractivity contribution in [2.45, 2.75) is 6.54 Å². The van der Waals surface area contributed by atoms with E-state index in [0.717, 1.165) is 5.56 Å². The topological polar surface area (TPSA) is 20.3 Å². The summed E-state index contributed by atoms with van der Waals surface area (Å²) in [6.07, 6.45) is 0. The predicted molar refractivity (Wildman–Crippen MR) is 51.9 cm³/mol. The largest absolute Gasteiger partial charge is 0.225 e. The van der Waals surface area contributed by atoms with Gasteiger partial charge in [0, 0.05) is 24.3 Å². The SMILES string of the molecule is CN(Cc1ccccc1)S(=O)Cl. The van der Waals surface area contributed by atoms with E-state index >= 15 is 0 Å². The van der Waals surface area contributed by atoms with Crippen molar-refractivity contribution in [1.82, 2.24) is 4.31 Å². The van der Waals surface area contributed by atoms with Gasteiger partial charge >= 0.3 is 0 Å². The highest BCUT2D eigenvalue weighted by molar-refractivity contribution is 8.06. The lowest BCUT2D eigenvalue weighted by Gasteiger charge is -2.10. The second kappa shape index (κ2) is 4.60. The highest BCUT2D eigenvalue weighted by Crippen LogP contribution is 2.05. The first-order chi connectivity index (χ1) is 5.70. The third-order valence-electron chi connectivity index (χ3n) is 1.49. The Balaban J connectivity index is 2.58. The van der Waals surface area contributed by atoms with E-state index in [1.54, 1.807) is 11.4 Å². The van der Waals surface area contributed by atoms with Gasteiger partial charge in [-0.1, -0.05) is 30.3 Å². The van der Waals surface area contributed by atoms with Gasteiger partial charge in [-0.3, -0.25) is 0 Å². The summed E-state index contributed by atoms with van der Waals surface area (Å²) in [5.41, 5.74) is 1.11. The maximum absolute atomic E-state index is 10.8. The van der Waals surface area contributed by atoms with Crippen LogP contribution in [0.2, 0.25) is 0 Å². The maximum Gasteiger partial charge on any atom is 0.192 e. The van der Waals surface area contributed by atoms with E-state index in [1.165, 1.54) is 0 Å². The van der Waals surface area contributed by atoms with Crippen LogP contribution in [0, 0.1) is 0 Å². The molecule has 0 aliphatic carbocycles. The molecule has 0 saturated heterocycles. The highest BCUT2D eigenvalue weighted by atomic mass is 35.7. The van der Waals surface area contributed by atoms with Gasteiger partial charge in [0.25, 0.3) is 0 Å². The van der Waals surface area contributed by atoms with E-state index in [9.17, 15) is 4.21 Å². The number of halogens is 1. The van der Waals surface area contributed by atoms with Crippen LogP contribution in [0.15, 0.2) is 30.3 Å². The van der Waals surface area contributed by atoms with Crippen molar-refractivity contribution in [3.05, 3.63) is 35.9 Å². The highest BCUT2D eigenvalue weighted by Gasteiger charge is 2.03. The molecule has 0 saturated carbocycles. The second-order valence-electron chi connectivity index (χ2n) is 2.48. The van der Waals surface area contributed by atoms with Crippen LogP contribution in [-0.2, 0) is 16.7 Å². The van der Waals surface area contributed by atoms with Crippen LogP contribution in [0.25, 0.3) is 0 Å². The Kier molecular flexibility index (Phi) is 3.72. The van der Waals surface area contributed by atoms with E-state index < -0.39 is 10.2 Å². The van der Waals surface area contributed by atoms with Crippen LogP contribution in [0.1, 0.15) is 5.56 Å². The first kappa shape index (κ1) is 9.71. The Morgan fingerprint density at radius 3 is 2.50 bits per heavy atom. The lowest BCUT2D eigenvalue weighted by Crippen LogP contribution is -2.16. The summed E-state index contributed by atoms with van der Waals surface area (Å²) in [5, 5.41) is 0. The smallest absolute Gasteiger partial charge is 0.192 e. The molecule has 1 atom stereocenters. The van der Waals surface area contributed by atoms with Gasteiger partial charge in [-0.05, 0) is 5.56 Å². The Labute approximate surface area is 79.2 Å². The number of nitrogens with zero attached hydrogens (tertiary/aromatic N) is 1. The van der Waals surface area contributed by atoms with Gasteiger partial charge in [-0.15, -0.1) is 0 Å². The van der Waals surface area contributed by atoms with E-state index in [4.69, 9.17) is 10.7 Å². The molecule has 1 rings (SSSR count). The van der Waals surface area contributed by atoms with Crippen LogP contribution < -0.4 is 0 Å². The van der Waals surface area contributed by atoms with Crippen molar-refractivity contribution in [3.8, 4) is 0 Å². The van der Waals surface area contributed by atoms with Crippen LogP contribution in [0.4, 0.5) is 0 Å². The fourth-order valence-corrected chi connectivity index (χ4v) is 1.29. The molecule has 0 spiro atoms. The summed E-state index contributed by atoms with van der Waals surface area (Å²) in [4.78, 5) is 0. The molecule has 0 radical (unpaired) electrons. The maximum atomic E-state index is 10.8. The van der Waals surface area contributed by atoms with Crippen LogP contribution in [0.5, 0.6) is 0 Å². The van der Waals surface area contributed by atoms with E-state index in [-0.39, 0.29) is 0 Å². The third kappa shape index (κ3) is 2.93. The molecule has 4 heteroatoms. The fraction of sp³-hybridized carbons (Fsp3) is 0.250. The molecule has 0 aromatic heterocycles. The summed E-state index contributed by atoms with van der Waals surface area (Å²) in [6, 6.07) is 9.78. The summed E-state index contributed by atoms with van der Waals surface area (Å²) < 4.78 is 12.3. The van der Waals surface area contributed by atoms with Gasteiger partial charge < -0.3 is 0 Å². The number of hydrogen-bond acceptors (Lipinski definition) is 1. The van der Waals surface area contributed by atoms with Gasteiger partial charge in [-0.25, -0.2) is 8.51 Å². The van der Waals surface area contributed by atoms with Crippen molar-refractivity contribution in [2.24, 2.45) is 0 Å². The Morgan fingerprint density at radius 1 is 1.42 bits per heavy atom. The molecule has 0 bridgehead atoms. The molecule has 12 heavy (non-hydrogen) atoms. The zero-order valence-corrected chi connectivity index (χ0v) is 8.31. The van der Waals surface area contributed by atoms with Crippen molar-refractivity contribution in [1.29, 1.82) is 0 Å². The minimum absolute atomic E-state index is 0.608. The monoisotopic (exact) mass is 203 g/mol. The molecule has 66 valence electrons. The number of hydrogen-bond donors (Lipinski definition) is 0. The summed E-state index contributed by atoms with van der Waals surface area (Å²) in [7, 11) is 5.69. The Bertz CT molecular complexity index is 265. The van der Waals surface area contributed by atoms with Gasteiger partial charge in [-0.2, -0.15) is 0 Å². The van der Waals surface area contributed by atoms with Crippen molar-refractivity contribution < 1.29 is 4.21 Å². The molecule has 1 aromatic rings. The lowest BCUT2D eigenvalue weighted by molar-refractivity contribution is 0.530. The average Bonchev–Trinajstić information content (AvgIpc) is 2.06. The second-order valence-corrected chi connectivity index (χ2v) is 4.31. The fourth-order valence-electron chi connectivity index (χ4n) is 0.891. The van der Waals surface area contributed by atoms with Crippen LogP contribution in [-0.4, -0.2) is 15.6 Å². The number of rotatable bonds is 3. The predicted octanol–water partition coefficient (Wildman–Crippen LogP) is 1.94. The quantitative estimate of drug-likeness (QED) is 0.688. The van der Waals surface area contributed by atoms with Gasteiger partial charge in [0.15, 0.2) is 10.2 Å². The molecule has 1 unspecified atom stereocenters. The lowest BCUT2D eigenvalue weighted by atomic mass is 10.2. The first-order valence-electron chi connectivity index (χ1n) is 3.53. The zero-order chi connectivity index (χ0) is 8.97. The minimum Gasteiger partial charge on any atom is -0.225 e. The summed E-state index contributed by atoms with van der Waals surface area (Å²) in [5.74, 6) is 0. The molecular formula is C8H10ClNOS. The van der Waals surface area contributed by atoms with Gasteiger partial charge in [0.1, 0.15) is 0 Å². The van der Waals surface area contributed by atoms with Crippen LogP contribution >= 0.6 is 10.7 Å². The molecule has 0 amide bonds. The molecule has 0 heterocycles. The molecular weight excluding hydrogens is 194 g/mol. The zero-order valence-electron chi connectivity index (χ0n) is 6.74. The van der Waals surface area contributed by atoms with E-state index in [1.807, 2.05) is 30.3 Å². The average molecular weight is 204 g/mol. The molecule has 2 nitrogen and oxygen atoms in total. The van der Waals surface area contributed by atoms with Crippen LogP contribution in [0.3, 0.4) is 0 Å². The van der Waals surface area contributed by atoms with Gasteiger partial charge in [0.2, 0.25) is 0 Å². The third-order valence-corrected chi connectivity index (χ3v) is 2.82. The standard InChI is InChI=1S/C8H10ClNOS/c1-10(12(9)11)7-8-5-3-2-4-6-8/h2-6H,7H2,1H3. The number of benzene rings is 1. The van der Waals surface area contributed by atoms with Crippen molar-refractivity contribution in [3.63, 3.8) is 0 Å². The molecule has 0 fully saturated rings. The first-order valence-corrected chi connectivity index (χ1v) is 5.46. The van der Waals surface area contributed by atoms with Crippen molar-refractivity contribution >= 4 is 20.9 Å². The Morgan fingerprint density at radius 2 is 2.00 bits per heavy atom. The van der Waals surface area contributed by atoms with Gasteiger partial charge in [0.05, 0.1) is 0 Å². The normalized spacial score (nSPS) is 13.2. The van der Waals surface area contributed by atoms with E-state index in [0.29, 0.717) is 6.54 Å². The minimum atomic E-state index is -1.41. The van der Waals surface area contributed by atoms with Crippen molar-refractivity contribution in [2.75, 3.05) is 7.05 Å². The molecule has 0 aliphatic rings. The Hall–Kier alpha value is -0.380. The molecule has 0 N–H and O–H groups in total. The summed E-state index contributed by atoms with van der Waals surface area (Å²) >= 11 is 0. The molecule has 0 aliphatic heterocycles.